The number of ether oxygens (including phenoxy) is 4. The Balaban J connectivity index is 1.70. The summed E-state index contributed by atoms with van der Waals surface area (Å²) in [6, 6.07) is 11.1. The highest BCUT2D eigenvalue weighted by molar-refractivity contribution is 5.95. The maximum absolute atomic E-state index is 12.4. The molecule has 0 saturated carbocycles. The number of carbonyl (C=O) groups is 2. The zero-order valence-electron chi connectivity index (χ0n) is 20.5. The van der Waals surface area contributed by atoms with Gasteiger partial charge in [-0.15, -0.1) is 0 Å². The Morgan fingerprint density at radius 3 is 2.72 bits per heavy atom. The molecule has 1 aliphatic heterocycles. The third kappa shape index (κ3) is 6.66. The fraction of sp³-hybridized carbons (Fsp3) is 0.320. The second-order valence-corrected chi connectivity index (χ2v) is 7.69. The third-order valence-electron chi connectivity index (χ3n) is 5.20. The summed E-state index contributed by atoms with van der Waals surface area (Å²) in [7, 11) is 2.86. The number of hydrazone groups is 1. The minimum absolute atomic E-state index is 0.120. The van der Waals surface area contributed by atoms with E-state index >= 15 is 0 Å². The van der Waals surface area contributed by atoms with Crippen molar-refractivity contribution in [2.45, 2.75) is 26.1 Å². The smallest absolute Gasteiger partial charge is 0.337 e. The molecule has 11 nitrogen and oxygen atoms in total. The minimum atomic E-state index is -1.10. The first kappa shape index (κ1) is 26.4. The van der Waals surface area contributed by atoms with Crippen LogP contribution in [0.1, 0.15) is 31.0 Å². The quantitative estimate of drug-likeness (QED) is 0.160. The molecule has 0 fully saturated rings. The maximum atomic E-state index is 12.4. The van der Waals surface area contributed by atoms with Gasteiger partial charge in [-0.25, -0.2) is 9.59 Å². The van der Waals surface area contributed by atoms with Crippen molar-refractivity contribution in [2.75, 3.05) is 27.4 Å². The molecule has 0 spiro atoms. The van der Waals surface area contributed by atoms with Gasteiger partial charge in [-0.3, -0.25) is 5.43 Å². The maximum Gasteiger partial charge on any atom is 0.337 e. The van der Waals surface area contributed by atoms with E-state index in [1.54, 1.807) is 44.5 Å². The van der Waals surface area contributed by atoms with Crippen LogP contribution >= 0.6 is 0 Å². The first-order valence-corrected chi connectivity index (χ1v) is 11.2. The molecule has 192 valence electrons. The number of rotatable bonds is 11. The first-order chi connectivity index (χ1) is 17.4. The summed E-state index contributed by atoms with van der Waals surface area (Å²) >= 11 is 0. The van der Waals surface area contributed by atoms with E-state index < -0.39 is 24.3 Å². The second kappa shape index (κ2) is 12.5. The predicted molar refractivity (Wildman–Crippen MR) is 132 cm³/mol. The number of amides is 2. The number of hydrogen-bond acceptors (Lipinski definition) is 9. The van der Waals surface area contributed by atoms with Gasteiger partial charge in [-0.05, 0) is 49.2 Å². The summed E-state index contributed by atoms with van der Waals surface area (Å²) in [5.41, 5.74) is 4.67. The van der Waals surface area contributed by atoms with Crippen LogP contribution in [0.25, 0.3) is 0 Å². The van der Waals surface area contributed by atoms with E-state index in [2.05, 4.69) is 21.2 Å². The van der Waals surface area contributed by atoms with Crippen LogP contribution in [0.3, 0.4) is 0 Å². The molecular formula is C25H30N4O7. The summed E-state index contributed by atoms with van der Waals surface area (Å²) in [5, 5.41) is 19.6. The highest BCUT2D eigenvalue weighted by Gasteiger charge is 2.32. The van der Waals surface area contributed by atoms with Crippen molar-refractivity contribution < 1.29 is 33.6 Å². The van der Waals surface area contributed by atoms with Gasteiger partial charge in [0, 0.05) is 5.70 Å². The fourth-order valence-electron chi connectivity index (χ4n) is 3.54. The van der Waals surface area contributed by atoms with Crippen molar-refractivity contribution in [1.29, 1.82) is 0 Å². The van der Waals surface area contributed by atoms with Crippen molar-refractivity contribution in [3.8, 4) is 17.2 Å². The van der Waals surface area contributed by atoms with Crippen LogP contribution < -0.4 is 30.3 Å². The van der Waals surface area contributed by atoms with Crippen LogP contribution in [0.2, 0.25) is 0 Å². The van der Waals surface area contributed by atoms with Gasteiger partial charge in [0.1, 0.15) is 12.4 Å². The van der Waals surface area contributed by atoms with Crippen LogP contribution in [-0.4, -0.2) is 57.0 Å². The van der Waals surface area contributed by atoms with Gasteiger partial charge in [-0.1, -0.05) is 18.2 Å². The van der Waals surface area contributed by atoms with E-state index in [0.29, 0.717) is 35.1 Å². The van der Waals surface area contributed by atoms with Crippen molar-refractivity contribution in [3.63, 3.8) is 0 Å². The van der Waals surface area contributed by atoms with Gasteiger partial charge >= 0.3 is 12.0 Å². The molecule has 0 saturated heterocycles. The highest BCUT2D eigenvalue weighted by Crippen LogP contribution is 2.34. The molecule has 11 heteroatoms. The van der Waals surface area contributed by atoms with E-state index in [1.165, 1.54) is 7.11 Å². The number of benzene rings is 2. The molecule has 0 aromatic heterocycles. The molecule has 1 heterocycles. The van der Waals surface area contributed by atoms with Crippen molar-refractivity contribution in [3.05, 3.63) is 64.9 Å². The van der Waals surface area contributed by atoms with E-state index in [1.807, 2.05) is 25.1 Å². The van der Waals surface area contributed by atoms with Gasteiger partial charge in [0.2, 0.25) is 0 Å². The van der Waals surface area contributed by atoms with E-state index in [-0.39, 0.29) is 12.2 Å². The van der Waals surface area contributed by atoms with Gasteiger partial charge in [0.05, 0.1) is 38.7 Å². The number of allylic oxidation sites excluding steroid dienone is 1. The zero-order chi connectivity index (χ0) is 26.1. The largest absolute Gasteiger partial charge is 0.497 e. The standard InChI is InChI=1S/C25H30N4O7/c1-5-35-20-12-17(23-22(24(31)34-4)15(2)27-25(32)28-23)9-10-19(20)36-14-21(30)29-26-13-16-7-6-8-18(11-16)33-3/h6-13,21,23,29-30H,5,14H2,1-4H3,(H2,27,28,32)/b26-13-/t21-,23-/m0/s1. The lowest BCUT2D eigenvalue weighted by molar-refractivity contribution is -0.136. The molecule has 2 amide bonds. The van der Waals surface area contributed by atoms with Crippen LogP contribution in [0.4, 0.5) is 4.79 Å². The molecule has 3 rings (SSSR count). The summed E-state index contributed by atoms with van der Waals surface area (Å²) in [5.74, 6) is 0.894. The van der Waals surface area contributed by atoms with Crippen LogP contribution in [0.15, 0.2) is 58.8 Å². The number of carbonyl (C=O) groups excluding carboxylic acids is 2. The van der Waals surface area contributed by atoms with Crippen molar-refractivity contribution in [2.24, 2.45) is 5.10 Å². The number of aliphatic hydroxyl groups excluding tert-OH is 1. The Morgan fingerprint density at radius 1 is 1.19 bits per heavy atom. The Morgan fingerprint density at radius 2 is 2.00 bits per heavy atom. The monoisotopic (exact) mass is 498 g/mol. The zero-order valence-corrected chi connectivity index (χ0v) is 20.5. The minimum Gasteiger partial charge on any atom is -0.497 e. The topological polar surface area (TPSA) is 140 Å². The number of nitrogens with zero attached hydrogens (tertiary/aromatic N) is 1. The van der Waals surface area contributed by atoms with Gasteiger partial charge in [0.25, 0.3) is 0 Å². The molecule has 2 aromatic rings. The number of methoxy groups -OCH3 is 2. The van der Waals surface area contributed by atoms with Crippen LogP contribution in [-0.2, 0) is 9.53 Å². The highest BCUT2D eigenvalue weighted by atomic mass is 16.5. The van der Waals surface area contributed by atoms with E-state index in [4.69, 9.17) is 18.9 Å². The summed E-state index contributed by atoms with van der Waals surface area (Å²) in [4.78, 5) is 24.4. The Labute approximate surface area is 209 Å². The van der Waals surface area contributed by atoms with Gasteiger partial charge in [-0.2, -0.15) is 5.10 Å². The molecule has 4 N–H and O–H groups in total. The lowest BCUT2D eigenvalue weighted by Crippen LogP contribution is -2.45. The Kier molecular flexibility index (Phi) is 9.12. The van der Waals surface area contributed by atoms with Crippen LogP contribution in [0.5, 0.6) is 17.2 Å². The number of hydrogen-bond donors (Lipinski definition) is 4. The molecule has 2 aromatic carbocycles. The molecule has 2 atom stereocenters. The van der Waals surface area contributed by atoms with Crippen molar-refractivity contribution in [1.82, 2.24) is 16.1 Å². The summed E-state index contributed by atoms with van der Waals surface area (Å²) in [6.45, 7) is 3.68. The molecular weight excluding hydrogens is 468 g/mol. The lowest BCUT2D eigenvalue weighted by atomic mass is 9.95. The fourth-order valence-corrected chi connectivity index (χ4v) is 3.54. The molecule has 0 unspecified atom stereocenters. The number of esters is 1. The lowest BCUT2D eigenvalue weighted by Gasteiger charge is -2.28. The molecule has 0 radical (unpaired) electrons. The normalized spacial score (nSPS) is 16.1. The van der Waals surface area contributed by atoms with Crippen LogP contribution in [0, 0.1) is 0 Å². The average molecular weight is 499 g/mol. The number of nitrogens with one attached hydrogen (secondary N) is 3. The Hall–Kier alpha value is -4.25. The van der Waals surface area contributed by atoms with Crippen molar-refractivity contribution >= 4 is 18.2 Å². The third-order valence-corrected chi connectivity index (χ3v) is 5.20. The molecule has 0 aliphatic carbocycles. The Bertz CT molecular complexity index is 1150. The summed E-state index contributed by atoms with van der Waals surface area (Å²) < 4.78 is 21.5. The molecule has 0 bridgehead atoms. The molecule has 36 heavy (non-hydrogen) atoms. The SMILES string of the molecule is CCOc1cc([C@@H]2NC(=O)NC(C)=C2C(=O)OC)ccc1OC[C@H](O)N/N=C\c1cccc(OC)c1. The van der Waals surface area contributed by atoms with Gasteiger partial charge in [0.15, 0.2) is 17.7 Å². The van der Waals surface area contributed by atoms with E-state index in [0.717, 1.165) is 5.56 Å². The van der Waals surface area contributed by atoms with E-state index in [9.17, 15) is 14.7 Å². The number of urea groups is 1. The first-order valence-electron chi connectivity index (χ1n) is 11.2. The molecule has 1 aliphatic rings. The van der Waals surface area contributed by atoms with Gasteiger partial charge < -0.3 is 34.7 Å². The predicted octanol–water partition coefficient (Wildman–Crippen LogP) is 2.22. The summed E-state index contributed by atoms with van der Waals surface area (Å²) in [6.07, 6.45) is 0.453. The average Bonchev–Trinajstić information content (AvgIpc) is 2.87. The number of aliphatic hydroxyl groups is 1. The second-order valence-electron chi connectivity index (χ2n) is 7.69.